The lowest BCUT2D eigenvalue weighted by Crippen LogP contribution is -2.37. The molecule has 0 aliphatic heterocycles. The first kappa shape index (κ1) is 13.5. The van der Waals surface area contributed by atoms with E-state index in [9.17, 15) is 4.79 Å². The van der Waals surface area contributed by atoms with E-state index in [1.54, 1.807) is 0 Å². The van der Waals surface area contributed by atoms with Crippen molar-refractivity contribution in [2.24, 2.45) is 0 Å². The highest BCUT2D eigenvalue weighted by Crippen LogP contribution is 2.13. The van der Waals surface area contributed by atoms with Crippen LogP contribution in [0.3, 0.4) is 0 Å². The summed E-state index contributed by atoms with van der Waals surface area (Å²) in [6, 6.07) is 0.175. The van der Waals surface area contributed by atoms with Crippen LogP contribution in [0.15, 0.2) is 6.20 Å². The second-order valence-electron chi connectivity index (χ2n) is 4.50. The first-order valence-electron chi connectivity index (χ1n) is 6.17. The van der Waals surface area contributed by atoms with E-state index in [4.69, 9.17) is 5.73 Å². The summed E-state index contributed by atoms with van der Waals surface area (Å²) in [5, 5.41) is 6.37. The van der Waals surface area contributed by atoms with E-state index in [1.807, 2.05) is 18.7 Å². The second kappa shape index (κ2) is 6.27. The highest BCUT2D eigenvalue weighted by Gasteiger charge is 2.21. The molecule has 1 aromatic rings. The van der Waals surface area contributed by atoms with Crippen molar-refractivity contribution >= 4 is 11.7 Å². The summed E-state index contributed by atoms with van der Waals surface area (Å²) in [5.41, 5.74) is 6.14. The molecule has 0 aliphatic rings. The molecular formula is C12H22N4O. The van der Waals surface area contributed by atoms with Gasteiger partial charge in [-0.1, -0.05) is 19.8 Å². The molecule has 1 rings (SSSR count). The molecule has 17 heavy (non-hydrogen) atoms. The number of rotatable bonds is 6. The Balaban J connectivity index is 2.71. The molecule has 3 N–H and O–H groups in total. The molecule has 0 bridgehead atoms. The van der Waals surface area contributed by atoms with Gasteiger partial charge >= 0.3 is 0 Å². The van der Waals surface area contributed by atoms with Gasteiger partial charge in [0.2, 0.25) is 0 Å². The van der Waals surface area contributed by atoms with Crippen molar-refractivity contribution in [2.45, 2.75) is 46.1 Å². The van der Waals surface area contributed by atoms with Crippen molar-refractivity contribution in [1.29, 1.82) is 0 Å². The third kappa shape index (κ3) is 3.47. The Bertz CT molecular complexity index is 359. The van der Waals surface area contributed by atoms with Crippen molar-refractivity contribution in [2.75, 3.05) is 12.3 Å². The molecule has 0 unspecified atom stereocenters. The number of carbonyl (C=O) groups excluding carboxylic acids is 1. The number of anilines is 1. The summed E-state index contributed by atoms with van der Waals surface area (Å²) < 4.78 is 0. The molecule has 5 nitrogen and oxygen atoms in total. The lowest BCUT2D eigenvalue weighted by molar-refractivity contribution is 0.0703. The smallest absolute Gasteiger partial charge is 0.259 e. The number of H-pyrrole nitrogens is 1. The molecule has 0 aromatic carbocycles. The first-order chi connectivity index (χ1) is 8.07. The van der Waals surface area contributed by atoms with Crippen LogP contribution >= 0.6 is 0 Å². The number of nitrogen functional groups attached to an aromatic ring is 1. The number of aromatic nitrogens is 2. The maximum Gasteiger partial charge on any atom is 0.259 e. The number of unbranched alkanes of at least 4 members (excludes halogenated alkanes) is 2. The maximum absolute atomic E-state index is 12.2. The van der Waals surface area contributed by atoms with Crippen LogP contribution in [0.4, 0.5) is 5.82 Å². The van der Waals surface area contributed by atoms with Gasteiger partial charge in [0.05, 0.1) is 6.20 Å². The van der Waals surface area contributed by atoms with Crippen LogP contribution in [-0.2, 0) is 0 Å². The monoisotopic (exact) mass is 238 g/mol. The molecule has 0 saturated carbocycles. The zero-order valence-electron chi connectivity index (χ0n) is 10.9. The molecule has 96 valence electrons. The fourth-order valence-corrected chi connectivity index (χ4v) is 1.75. The Labute approximate surface area is 102 Å². The van der Waals surface area contributed by atoms with Gasteiger partial charge in [0, 0.05) is 12.6 Å². The average Bonchev–Trinajstić information content (AvgIpc) is 2.69. The molecular weight excluding hydrogens is 216 g/mol. The SMILES string of the molecule is CCCCCN(C(=O)c1cn[nH]c1N)C(C)C. The van der Waals surface area contributed by atoms with Crippen molar-refractivity contribution in [1.82, 2.24) is 15.1 Å². The van der Waals surface area contributed by atoms with Crippen LogP contribution in [0.25, 0.3) is 0 Å². The zero-order chi connectivity index (χ0) is 12.8. The predicted molar refractivity (Wildman–Crippen MR) is 68.7 cm³/mol. The summed E-state index contributed by atoms with van der Waals surface area (Å²) in [6.07, 6.45) is 4.80. The minimum absolute atomic E-state index is 0.0395. The van der Waals surface area contributed by atoms with Crippen molar-refractivity contribution in [3.8, 4) is 0 Å². The van der Waals surface area contributed by atoms with Gasteiger partial charge < -0.3 is 10.6 Å². The number of nitrogens with zero attached hydrogens (tertiary/aromatic N) is 2. The molecule has 5 heteroatoms. The fourth-order valence-electron chi connectivity index (χ4n) is 1.75. The van der Waals surface area contributed by atoms with Crippen LogP contribution in [0, 0.1) is 0 Å². The van der Waals surface area contributed by atoms with E-state index < -0.39 is 0 Å². The van der Waals surface area contributed by atoms with Crippen LogP contribution in [0.5, 0.6) is 0 Å². The normalized spacial score (nSPS) is 10.8. The van der Waals surface area contributed by atoms with Gasteiger partial charge in [0.15, 0.2) is 0 Å². The third-order valence-corrected chi connectivity index (χ3v) is 2.79. The Hall–Kier alpha value is -1.52. The van der Waals surface area contributed by atoms with E-state index in [0.717, 1.165) is 25.8 Å². The average molecular weight is 238 g/mol. The van der Waals surface area contributed by atoms with Gasteiger partial charge in [-0.05, 0) is 20.3 Å². The van der Waals surface area contributed by atoms with Crippen LogP contribution < -0.4 is 5.73 Å². The topological polar surface area (TPSA) is 75.0 Å². The largest absolute Gasteiger partial charge is 0.383 e. The van der Waals surface area contributed by atoms with Crippen molar-refractivity contribution in [3.63, 3.8) is 0 Å². The molecule has 1 amide bonds. The summed E-state index contributed by atoms with van der Waals surface area (Å²) >= 11 is 0. The van der Waals surface area contributed by atoms with Gasteiger partial charge in [0.25, 0.3) is 5.91 Å². The third-order valence-electron chi connectivity index (χ3n) is 2.79. The lowest BCUT2D eigenvalue weighted by Gasteiger charge is -2.26. The number of nitrogens with two attached hydrogens (primary N) is 1. The highest BCUT2D eigenvalue weighted by atomic mass is 16.2. The lowest BCUT2D eigenvalue weighted by atomic mass is 10.2. The number of hydrogen-bond acceptors (Lipinski definition) is 3. The Morgan fingerprint density at radius 1 is 1.53 bits per heavy atom. The summed E-state index contributed by atoms with van der Waals surface area (Å²) in [7, 11) is 0. The Kier molecular flexibility index (Phi) is 5.00. The molecule has 0 spiro atoms. The first-order valence-corrected chi connectivity index (χ1v) is 6.17. The van der Waals surface area contributed by atoms with Gasteiger partial charge in [-0.25, -0.2) is 0 Å². The van der Waals surface area contributed by atoms with Crippen LogP contribution in [-0.4, -0.2) is 33.6 Å². The molecule has 1 aromatic heterocycles. The molecule has 0 saturated heterocycles. The predicted octanol–water partition coefficient (Wildman–Crippen LogP) is 2.03. The number of nitrogens with one attached hydrogen (secondary N) is 1. The van der Waals surface area contributed by atoms with Crippen molar-refractivity contribution < 1.29 is 4.79 Å². The number of aromatic amines is 1. The van der Waals surface area contributed by atoms with Gasteiger partial charge in [-0.3, -0.25) is 9.89 Å². The molecule has 0 fully saturated rings. The Morgan fingerprint density at radius 3 is 2.71 bits per heavy atom. The second-order valence-corrected chi connectivity index (χ2v) is 4.50. The quantitative estimate of drug-likeness (QED) is 0.745. The Morgan fingerprint density at radius 2 is 2.24 bits per heavy atom. The van der Waals surface area contributed by atoms with E-state index in [0.29, 0.717) is 11.4 Å². The molecule has 0 radical (unpaired) electrons. The molecule has 0 atom stereocenters. The molecule has 0 aliphatic carbocycles. The number of amides is 1. The van der Waals surface area contributed by atoms with Gasteiger partial charge in [-0.2, -0.15) is 5.10 Å². The summed E-state index contributed by atoms with van der Waals surface area (Å²) in [4.78, 5) is 14.1. The minimum Gasteiger partial charge on any atom is -0.383 e. The van der Waals surface area contributed by atoms with Gasteiger partial charge in [0.1, 0.15) is 11.4 Å². The fraction of sp³-hybridized carbons (Fsp3) is 0.667. The van der Waals surface area contributed by atoms with E-state index in [2.05, 4.69) is 17.1 Å². The van der Waals surface area contributed by atoms with Gasteiger partial charge in [-0.15, -0.1) is 0 Å². The van der Waals surface area contributed by atoms with Crippen molar-refractivity contribution in [3.05, 3.63) is 11.8 Å². The zero-order valence-corrected chi connectivity index (χ0v) is 10.9. The van der Waals surface area contributed by atoms with E-state index in [-0.39, 0.29) is 11.9 Å². The van der Waals surface area contributed by atoms with Crippen LogP contribution in [0.2, 0.25) is 0 Å². The van der Waals surface area contributed by atoms with E-state index in [1.165, 1.54) is 6.20 Å². The number of carbonyl (C=O) groups is 1. The highest BCUT2D eigenvalue weighted by molar-refractivity contribution is 5.98. The summed E-state index contributed by atoms with van der Waals surface area (Å²) in [5.74, 6) is 0.304. The summed E-state index contributed by atoms with van der Waals surface area (Å²) in [6.45, 7) is 6.95. The standard InChI is InChI=1S/C12H22N4O/c1-4-5-6-7-16(9(2)3)12(17)10-8-14-15-11(10)13/h8-9H,4-7H2,1-3H3,(H3,13,14,15). The maximum atomic E-state index is 12.2. The van der Waals surface area contributed by atoms with Crippen LogP contribution in [0.1, 0.15) is 50.4 Å². The van der Waals surface area contributed by atoms with E-state index >= 15 is 0 Å². The minimum atomic E-state index is -0.0395. The number of hydrogen-bond donors (Lipinski definition) is 2. The molecule has 1 heterocycles.